The van der Waals surface area contributed by atoms with E-state index in [0.29, 0.717) is 25.1 Å². The molecule has 0 spiro atoms. The van der Waals surface area contributed by atoms with Crippen LogP contribution >= 0.6 is 0 Å². The molecule has 0 aromatic heterocycles. The zero-order valence-corrected chi connectivity index (χ0v) is 18.8. The molecule has 2 aromatic rings. The number of alkyl halides is 3. The van der Waals surface area contributed by atoms with Crippen LogP contribution in [0.3, 0.4) is 0 Å². The van der Waals surface area contributed by atoms with Gasteiger partial charge in [0.1, 0.15) is 0 Å². The lowest BCUT2D eigenvalue weighted by Gasteiger charge is -2.40. The molecule has 1 aliphatic heterocycles. The van der Waals surface area contributed by atoms with E-state index in [-0.39, 0.29) is 11.4 Å². The SMILES string of the molecule is O=C(C=Cc1ccccc1)NC1(CCN2CCc3c(cccc3C(F)(F)F)C2)CCCCC1. The van der Waals surface area contributed by atoms with Crippen LogP contribution in [0.25, 0.3) is 6.08 Å². The van der Waals surface area contributed by atoms with Gasteiger partial charge in [0.2, 0.25) is 5.91 Å². The summed E-state index contributed by atoms with van der Waals surface area (Å²) in [6, 6.07) is 14.2. The van der Waals surface area contributed by atoms with Crippen molar-refractivity contribution in [1.29, 1.82) is 0 Å². The number of benzene rings is 2. The molecule has 1 heterocycles. The minimum Gasteiger partial charge on any atom is -0.347 e. The molecule has 6 heteroatoms. The summed E-state index contributed by atoms with van der Waals surface area (Å²) < 4.78 is 40.0. The number of halogens is 3. The number of hydrogen-bond acceptors (Lipinski definition) is 2. The Balaban J connectivity index is 1.39. The first kappa shape index (κ1) is 23.6. The van der Waals surface area contributed by atoms with Crippen molar-refractivity contribution < 1.29 is 18.0 Å². The van der Waals surface area contributed by atoms with Crippen LogP contribution < -0.4 is 5.32 Å². The number of amides is 1. The highest BCUT2D eigenvalue weighted by Gasteiger charge is 2.36. The topological polar surface area (TPSA) is 32.3 Å². The number of nitrogens with one attached hydrogen (secondary N) is 1. The van der Waals surface area contributed by atoms with Crippen molar-refractivity contribution in [3.8, 4) is 0 Å². The molecule has 1 aliphatic carbocycles. The van der Waals surface area contributed by atoms with Crippen molar-refractivity contribution in [3.05, 3.63) is 76.9 Å². The smallest absolute Gasteiger partial charge is 0.347 e. The van der Waals surface area contributed by atoms with E-state index in [4.69, 9.17) is 0 Å². The Labute approximate surface area is 193 Å². The van der Waals surface area contributed by atoms with Gasteiger partial charge in [-0.1, -0.05) is 61.7 Å². The maximum Gasteiger partial charge on any atom is 0.416 e. The van der Waals surface area contributed by atoms with Gasteiger partial charge in [0, 0.05) is 31.2 Å². The van der Waals surface area contributed by atoms with E-state index in [0.717, 1.165) is 49.8 Å². The van der Waals surface area contributed by atoms with E-state index in [9.17, 15) is 18.0 Å². The van der Waals surface area contributed by atoms with Gasteiger partial charge in [0.25, 0.3) is 0 Å². The molecule has 0 bridgehead atoms. The van der Waals surface area contributed by atoms with Crippen LogP contribution in [0.1, 0.15) is 60.8 Å². The van der Waals surface area contributed by atoms with Crippen LogP contribution in [-0.4, -0.2) is 29.4 Å². The van der Waals surface area contributed by atoms with Crippen molar-refractivity contribution in [3.63, 3.8) is 0 Å². The fourth-order valence-electron chi connectivity index (χ4n) is 5.20. The Morgan fingerprint density at radius 2 is 1.79 bits per heavy atom. The van der Waals surface area contributed by atoms with Crippen molar-refractivity contribution in [2.75, 3.05) is 13.1 Å². The highest BCUT2D eigenvalue weighted by molar-refractivity contribution is 5.92. The van der Waals surface area contributed by atoms with Gasteiger partial charge in [0.05, 0.1) is 5.56 Å². The van der Waals surface area contributed by atoms with Gasteiger partial charge in [-0.3, -0.25) is 9.69 Å². The Bertz CT molecular complexity index is 979. The summed E-state index contributed by atoms with van der Waals surface area (Å²) in [6.07, 6.45) is 5.57. The number of rotatable bonds is 6. The fourth-order valence-corrected chi connectivity index (χ4v) is 5.20. The lowest BCUT2D eigenvalue weighted by molar-refractivity contribution is -0.138. The molecule has 33 heavy (non-hydrogen) atoms. The van der Waals surface area contributed by atoms with Crippen LogP contribution in [0.4, 0.5) is 13.2 Å². The summed E-state index contributed by atoms with van der Waals surface area (Å²) in [4.78, 5) is 14.9. The van der Waals surface area contributed by atoms with Crippen molar-refractivity contribution >= 4 is 12.0 Å². The monoisotopic (exact) mass is 456 g/mol. The van der Waals surface area contributed by atoms with Gasteiger partial charge in [-0.15, -0.1) is 0 Å². The molecule has 4 rings (SSSR count). The number of fused-ring (bicyclic) bond motifs is 1. The summed E-state index contributed by atoms with van der Waals surface area (Å²) in [7, 11) is 0. The first-order chi connectivity index (χ1) is 15.8. The summed E-state index contributed by atoms with van der Waals surface area (Å²) in [5.41, 5.74) is 1.44. The third-order valence-corrected chi connectivity index (χ3v) is 6.98. The Morgan fingerprint density at radius 1 is 1.03 bits per heavy atom. The average molecular weight is 457 g/mol. The van der Waals surface area contributed by atoms with Gasteiger partial charge in [-0.25, -0.2) is 0 Å². The van der Waals surface area contributed by atoms with Crippen LogP contribution in [0.2, 0.25) is 0 Å². The quantitative estimate of drug-likeness (QED) is 0.542. The Kier molecular flexibility index (Phi) is 7.23. The van der Waals surface area contributed by atoms with Crippen molar-refractivity contribution in [2.45, 2.75) is 63.2 Å². The predicted octanol–water partition coefficient (Wildman–Crippen LogP) is 5.99. The third kappa shape index (κ3) is 6.05. The Hall–Kier alpha value is -2.60. The number of carbonyl (C=O) groups is 1. The second-order valence-corrected chi connectivity index (χ2v) is 9.29. The predicted molar refractivity (Wildman–Crippen MR) is 124 cm³/mol. The highest BCUT2D eigenvalue weighted by Crippen LogP contribution is 2.36. The molecule has 0 atom stereocenters. The first-order valence-corrected chi connectivity index (χ1v) is 11.8. The molecule has 0 saturated heterocycles. The number of nitrogens with zero attached hydrogens (tertiary/aromatic N) is 1. The molecule has 2 aliphatic rings. The van der Waals surface area contributed by atoms with E-state index in [1.807, 2.05) is 42.5 Å². The molecule has 1 N–H and O–H groups in total. The van der Waals surface area contributed by atoms with E-state index < -0.39 is 11.7 Å². The van der Waals surface area contributed by atoms with Gasteiger partial charge >= 0.3 is 6.18 Å². The molecular formula is C27H31F3N2O. The summed E-state index contributed by atoms with van der Waals surface area (Å²) >= 11 is 0. The molecule has 0 radical (unpaired) electrons. The number of hydrogen-bond donors (Lipinski definition) is 1. The van der Waals surface area contributed by atoms with Gasteiger partial charge in [-0.2, -0.15) is 13.2 Å². The number of carbonyl (C=O) groups excluding carboxylic acids is 1. The summed E-state index contributed by atoms with van der Waals surface area (Å²) in [5, 5.41) is 3.29. The second-order valence-electron chi connectivity index (χ2n) is 9.29. The van der Waals surface area contributed by atoms with Gasteiger partial charge < -0.3 is 5.32 Å². The highest BCUT2D eigenvalue weighted by atomic mass is 19.4. The fraction of sp³-hybridized carbons (Fsp3) is 0.444. The largest absolute Gasteiger partial charge is 0.416 e. The first-order valence-electron chi connectivity index (χ1n) is 11.8. The molecule has 1 saturated carbocycles. The Morgan fingerprint density at radius 3 is 2.52 bits per heavy atom. The second kappa shape index (κ2) is 10.1. The van der Waals surface area contributed by atoms with E-state index in [2.05, 4.69) is 10.2 Å². The molecular weight excluding hydrogens is 425 g/mol. The van der Waals surface area contributed by atoms with Gasteiger partial charge in [-0.05, 0) is 54.5 Å². The summed E-state index contributed by atoms with van der Waals surface area (Å²) in [5.74, 6) is -0.0837. The lowest BCUT2D eigenvalue weighted by Crippen LogP contribution is -2.51. The summed E-state index contributed by atoms with van der Waals surface area (Å²) in [6.45, 7) is 1.90. The molecule has 1 amide bonds. The van der Waals surface area contributed by atoms with Crippen LogP contribution in [0.15, 0.2) is 54.6 Å². The van der Waals surface area contributed by atoms with Crippen molar-refractivity contribution in [2.24, 2.45) is 0 Å². The van der Waals surface area contributed by atoms with E-state index in [1.54, 1.807) is 6.08 Å². The van der Waals surface area contributed by atoms with Crippen LogP contribution in [-0.2, 0) is 23.9 Å². The maximum absolute atomic E-state index is 13.3. The van der Waals surface area contributed by atoms with Crippen LogP contribution in [0, 0.1) is 0 Å². The molecule has 0 unspecified atom stereocenters. The van der Waals surface area contributed by atoms with E-state index in [1.165, 1.54) is 18.6 Å². The molecule has 176 valence electrons. The minimum atomic E-state index is -4.31. The lowest BCUT2D eigenvalue weighted by atomic mass is 9.79. The standard InChI is InChI=1S/C27H31F3N2O/c28-27(29,30)24-11-7-10-22-20-32(18-14-23(22)24)19-17-26(15-5-2-6-16-26)31-25(33)13-12-21-8-3-1-4-9-21/h1,3-4,7-13H,2,5-6,14-20H2,(H,31,33). The molecule has 1 fully saturated rings. The van der Waals surface area contributed by atoms with Gasteiger partial charge in [0.15, 0.2) is 0 Å². The zero-order valence-electron chi connectivity index (χ0n) is 18.8. The average Bonchev–Trinajstić information content (AvgIpc) is 2.81. The zero-order chi connectivity index (χ0) is 23.3. The third-order valence-electron chi connectivity index (χ3n) is 6.98. The normalized spacial score (nSPS) is 18.8. The van der Waals surface area contributed by atoms with E-state index >= 15 is 0 Å². The van der Waals surface area contributed by atoms with Crippen molar-refractivity contribution in [1.82, 2.24) is 10.2 Å². The molecule has 2 aromatic carbocycles. The minimum absolute atomic E-state index is 0.0837. The molecule has 3 nitrogen and oxygen atoms in total. The van der Waals surface area contributed by atoms with Crippen LogP contribution in [0.5, 0.6) is 0 Å². The maximum atomic E-state index is 13.3.